The van der Waals surface area contributed by atoms with E-state index in [1.54, 1.807) is 0 Å². The Balaban J connectivity index is 0. The van der Waals surface area contributed by atoms with Crippen LogP contribution in [0.4, 0.5) is 30.7 Å². The zero-order valence-corrected chi connectivity index (χ0v) is 16.2. The summed E-state index contributed by atoms with van der Waals surface area (Å²) in [5.74, 6) is -12.6. The molecule has 0 radical (unpaired) electrons. The number of alkyl halides is 7. The minimum atomic E-state index is -7.06. The van der Waals surface area contributed by atoms with Crippen molar-refractivity contribution in [1.82, 2.24) is 0 Å². The van der Waals surface area contributed by atoms with Crippen LogP contribution in [-0.2, 0) is 10.1 Å². The first-order valence-electron chi connectivity index (χ1n) is 8.05. The Hall–Kier alpha value is -0.620. The molecule has 1 unspecified atom stereocenters. The second kappa shape index (κ2) is 9.54. The van der Waals surface area contributed by atoms with Gasteiger partial charge in [0.2, 0.25) is 0 Å². The Labute approximate surface area is 149 Å². The quantitative estimate of drug-likeness (QED) is 0.321. The Morgan fingerprint density at radius 2 is 1.15 bits per heavy atom. The number of quaternary nitrogens is 1. The van der Waals surface area contributed by atoms with Crippen LogP contribution in [0.25, 0.3) is 0 Å². The maximum absolute atomic E-state index is 12.6. The lowest BCUT2D eigenvalue weighted by Crippen LogP contribution is -2.61. The molecule has 26 heavy (non-hydrogen) atoms. The normalized spacial score (nSPS) is 15.3. The minimum absolute atomic E-state index is 0.651. The van der Waals surface area contributed by atoms with E-state index in [1.807, 2.05) is 0 Å². The highest BCUT2D eigenvalue weighted by Gasteiger charge is 2.77. The Bertz CT molecular complexity index is 505. The fourth-order valence-corrected chi connectivity index (χ4v) is 2.60. The van der Waals surface area contributed by atoms with Crippen molar-refractivity contribution < 1.29 is 48.2 Å². The first-order valence-corrected chi connectivity index (χ1v) is 9.46. The highest BCUT2D eigenvalue weighted by atomic mass is 32.2. The molecule has 0 heterocycles. The van der Waals surface area contributed by atoms with Crippen molar-refractivity contribution in [1.29, 1.82) is 0 Å². The molecule has 0 aromatic rings. The molecule has 0 N–H and O–H groups in total. The lowest BCUT2D eigenvalue weighted by atomic mass is 10.1. The van der Waals surface area contributed by atoms with Gasteiger partial charge in [0.1, 0.15) is 0 Å². The highest BCUT2D eigenvalue weighted by Crippen LogP contribution is 2.50. The first-order chi connectivity index (χ1) is 11.5. The third-order valence-corrected chi connectivity index (χ3v) is 5.42. The molecule has 4 nitrogen and oxygen atoms in total. The number of rotatable bonds is 9. The molecule has 0 amide bonds. The van der Waals surface area contributed by atoms with Crippen molar-refractivity contribution in [3.63, 3.8) is 0 Å². The maximum atomic E-state index is 12.6. The fourth-order valence-electron chi connectivity index (χ4n) is 2.15. The number of nitrogens with zero attached hydrogens (tertiary/aromatic N) is 1. The van der Waals surface area contributed by atoms with E-state index in [9.17, 15) is 43.7 Å². The van der Waals surface area contributed by atoms with Crippen molar-refractivity contribution in [2.24, 2.45) is 0 Å². The molecular formula is C14H26F7NO3S. The summed E-state index contributed by atoms with van der Waals surface area (Å²) in [6.07, 6.45) is -4.98. The van der Waals surface area contributed by atoms with Crippen LogP contribution in [0, 0.1) is 0 Å². The van der Waals surface area contributed by atoms with Gasteiger partial charge in [-0.3, -0.25) is 0 Å². The van der Waals surface area contributed by atoms with Crippen LogP contribution < -0.4 is 0 Å². The number of hydrogen-bond acceptors (Lipinski definition) is 3. The van der Waals surface area contributed by atoms with Gasteiger partial charge < -0.3 is 9.04 Å². The van der Waals surface area contributed by atoms with Crippen LogP contribution in [0.5, 0.6) is 0 Å². The minimum Gasteiger partial charge on any atom is -0.743 e. The molecule has 0 aliphatic carbocycles. The molecule has 0 aromatic carbocycles. The lowest BCUT2D eigenvalue weighted by Gasteiger charge is -2.34. The molecule has 0 aliphatic rings. The van der Waals surface area contributed by atoms with Crippen molar-refractivity contribution in [2.75, 3.05) is 26.2 Å². The van der Waals surface area contributed by atoms with E-state index in [2.05, 4.69) is 27.7 Å². The summed E-state index contributed by atoms with van der Waals surface area (Å²) in [4.78, 5) is 0. The summed E-state index contributed by atoms with van der Waals surface area (Å²) >= 11 is 0. The second-order valence-electron chi connectivity index (χ2n) is 5.65. The standard InChI is InChI=1S/C8H20N.C6H7F7O3S/c1-5-9(6-2,7-3)8-4;1-2-3(7)4(8,9)5(10,11)6(12,13)17(14,15)16/h5-8H2,1-4H3;3H,2H2,1H3,(H,14,15,16)/q+1;/p-1. The predicted octanol–water partition coefficient (Wildman–Crippen LogP) is 4.03. The van der Waals surface area contributed by atoms with Gasteiger partial charge in [-0.1, -0.05) is 6.92 Å². The van der Waals surface area contributed by atoms with E-state index in [0.717, 1.165) is 0 Å². The summed E-state index contributed by atoms with van der Waals surface area (Å²) in [5, 5.41) is -6.61. The average Bonchev–Trinajstić information content (AvgIpc) is 2.55. The van der Waals surface area contributed by atoms with Crippen molar-refractivity contribution >= 4 is 10.1 Å². The summed E-state index contributed by atoms with van der Waals surface area (Å²) in [5.41, 5.74) is 0. The van der Waals surface area contributed by atoms with Crippen molar-refractivity contribution in [3.05, 3.63) is 0 Å². The molecule has 0 aromatic heterocycles. The van der Waals surface area contributed by atoms with E-state index in [-0.39, 0.29) is 0 Å². The van der Waals surface area contributed by atoms with E-state index in [1.165, 1.54) is 30.7 Å². The second-order valence-corrected chi connectivity index (χ2v) is 7.07. The van der Waals surface area contributed by atoms with Crippen molar-refractivity contribution in [2.45, 2.75) is 64.3 Å². The molecule has 0 saturated heterocycles. The van der Waals surface area contributed by atoms with Gasteiger partial charge in [0, 0.05) is 0 Å². The summed E-state index contributed by atoms with van der Waals surface area (Å²) in [7, 11) is -7.06. The predicted molar refractivity (Wildman–Crippen MR) is 82.1 cm³/mol. The van der Waals surface area contributed by atoms with E-state index < -0.39 is 39.8 Å². The van der Waals surface area contributed by atoms with E-state index in [0.29, 0.717) is 6.92 Å². The largest absolute Gasteiger partial charge is 0.743 e. The molecular weight excluding hydrogens is 395 g/mol. The topological polar surface area (TPSA) is 57.2 Å². The molecule has 0 bridgehead atoms. The van der Waals surface area contributed by atoms with Crippen LogP contribution in [0.1, 0.15) is 41.0 Å². The Morgan fingerprint density at radius 3 is 1.31 bits per heavy atom. The molecule has 0 aliphatic heterocycles. The maximum Gasteiger partial charge on any atom is 0.402 e. The highest BCUT2D eigenvalue weighted by molar-refractivity contribution is 7.86. The van der Waals surface area contributed by atoms with E-state index >= 15 is 0 Å². The van der Waals surface area contributed by atoms with Gasteiger partial charge in [-0.05, 0) is 34.1 Å². The van der Waals surface area contributed by atoms with Gasteiger partial charge in [0.05, 0.1) is 26.2 Å². The van der Waals surface area contributed by atoms with Crippen LogP contribution in [-0.4, -0.2) is 66.9 Å². The summed E-state index contributed by atoms with van der Waals surface area (Å²) in [6, 6.07) is 0. The van der Waals surface area contributed by atoms with Gasteiger partial charge in [-0.25, -0.2) is 12.8 Å². The van der Waals surface area contributed by atoms with Crippen molar-refractivity contribution in [3.8, 4) is 0 Å². The molecule has 0 fully saturated rings. The van der Waals surface area contributed by atoms with Crippen LogP contribution >= 0.6 is 0 Å². The van der Waals surface area contributed by atoms with Gasteiger partial charge in [-0.2, -0.15) is 26.3 Å². The van der Waals surface area contributed by atoms with Crippen LogP contribution in [0.15, 0.2) is 0 Å². The first kappa shape index (κ1) is 27.6. The van der Waals surface area contributed by atoms with Crippen LogP contribution in [0.3, 0.4) is 0 Å². The SMILES string of the molecule is CCC(F)C(F)(F)C(F)(F)C(F)(F)S(=O)(=O)[O-].CC[N+](CC)(CC)CC. The molecule has 1 atom stereocenters. The molecule has 12 heteroatoms. The number of hydrogen-bond donors (Lipinski definition) is 0. The molecule has 0 spiro atoms. The molecule has 0 saturated carbocycles. The lowest BCUT2D eigenvalue weighted by molar-refractivity contribution is -0.921. The third kappa shape index (κ3) is 5.44. The van der Waals surface area contributed by atoms with E-state index in [4.69, 9.17) is 0 Å². The average molecular weight is 421 g/mol. The summed E-state index contributed by atoms with van der Waals surface area (Å²) < 4.78 is 118. The smallest absolute Gasteiger partial charge is 0.402 e. The monoisotopic (exact) mass is 421 g/mol. The number of halogens is 7. The Kier molecular flexibility index (Phi) is 10.1. The van der Waals surface area contributed by atoms with Gasteiger partial charge in [0.15, 0.2) is 16.3 Å². The molecule has 0 rings (SSSR count). The fraction of sp³-hybridized carbons (Fsp3) is 1.00. The van der Waals surface area contributed by atoms with Gasteiger partial charge in [-0.15, -0.1) is 0 Å². The zero-order chi connectivity index (χ0) is 21.6. The van der Waals surface area contributed by atoms with Gasteiger partial charge >= 0.3 is 17.1 Å². The van der Waals surface area contributed by atoms with Gasteiger partial charge in [0.25, 0.3) is 0 Å². The Morgan fingerprint density at radius 1 is 0.846 bits per heavy atom. The third-order valence-electron chi connectivity index (χ3n) is 4.53. The molecule has 160 valence electrons. The zero-order valence-electron chi connectivity index (χ0n) is 15.3. The van der Waals surface area contributed by atoms with Crippen LogP contribution in [0.2, 0.25) is 0 Å². The summed E-state index contributed by atoms with van der Waals surface area (Å²) in [6.45, 7) is 14.9.